The van der Waals surface area contributed by atoms with Gasteiger partial charge in [-0.2, -0.15) is 0 Å². The second-order valence-corrected chi connectivity index (χ2v) is 6.54. The monoisotopic (exact) mass is 367 g/mol. The van der Waals surface area contributed by atoms with Crippen LogP contribution < -0.4 is 10.6 Å². The van der Waals surface area contributed by atoms with Gasteiger partial charge in [-0.3, -0.25) is 19.7 Å². The number of ether oxygens (including phenoxy) is 1. The minimum Gasteiger partial charge on any atom is -0.445 e. The standard InChI is InChI=1S/C15H17N3O6S/c19-12-8-13(17-12)25-14(20)2-1-7-16-15(21)24-9-10-3-5-11(6-4-10)18(22)23/h3-6,13H,1-2,7-9H2,(H,16,21)(H,17,19)/t13-/m0/s1. The summed E-state index contributed by atoms with van der Waals surface area (Å²) < 4.78 is 4.98. The minimum atomic E-state index is -0.621. The second kappa shape index (κ2) is 9.02. The summed E-state index contributed by atoms with van der Waals surface area (Å²) in [6, 6.07) is 5.70. The molecule has 10 heteroatoms. The van der Waals surface area contributed by atoms with Gasteiger partial charge in [0.1, 0.15) is 6.61 Å². The number of amides is 2. The molecule has 1 aliphatic rings. The Hall–Kier alpha value is -2.62. The highest BCUT2D eigenvalue weighted by molar-refractivity contribution is 8.14. The molecule has 0 spiro atoms. The van der Waals surface area contributed by atoms with Crippen molar-refractivity contribution in [2.75, 3.05) is 6.54 Å². The van der Waals surface area contributed by atoms with E-state index in [0.717, 1.165) is 11.8 Å². The van der Waals surface area contributed by atoms with E-state index in [1.165, 1.54) is 24.3 Å². The van der Waals surface area contributed by atoms with Gasteiger partial charge in [-0.15, -0.1) is 0 Å². The van der Waals surface area contributed by atoms with Gasteiger partial charge in [0.25, 0.3) is 5.69 Å². The van der Waals surface area contributed by atoms with Crippen molar-refractivity contribution in [3.63, 3.8) is 0 Å². The maximum atomic E-state index is 11.6. The van der Waals surface area contributed by atoms with Crippen LogP contribution in [0.2, 0.25) is 0 Å². The molecule has 1 saturated heterocycles. The summed E-state index contributed by atoms with van der Waals surface area (Å²) in [5, 5.41) is 15.5. The molecule has 1 heterocycles. The molecule has 1 fully saturated rings. The average molecular weight is 367 g/mol. The summed E-state index contributed by atoms with van der Waals surface area (Å²) in [5.41, 5.74) is 0.604. The summed E-state index contributed by atoms with van der Waals surface area (Å²) in [6.07, 6.45) is 0.507. The van der Waals surface area contributed by atoms with E-state index in [-0.39, 0.29) is 28.7 Å². The second-order valence-electron chi connectivity index (χ2n) is 5.28. The Morgan fingerprint density at radius 2 is 2.04 bits per heavy atom. The molecule has 0 aliphatic carbocycles. The van der Waals surface area contributed by atoms with E-state index in [2.05, 4.69) is 10.6 Å². The van der Waals surface area contributed by atoms with E-state index in [0.29, 0.717) is 31.4 Å². The predicted molar refractivity (Wildman–Crippen MR) is 89.7 cm³/mol. The highest BCUT2D eigenvalue weighted by Crippen LogP contribution is 2.21. The third kappa shape index (κ3) is 6.42. The number of carbonyl (C=O) groups is 3. The van der Waals surface area contributed by atoms with Crippen LogP contribution in [0.15, 0.2) is 24.3 Å². The number of rotatable bonds is 8. The van der Waals surface area contributed by atoms with E-state index in [9.17, 15) is 24.5 Å². The Labute approximate surface area is 147 Å². The molecule has 0 unspecified atom stereocenters. The number of nitro groups is 1. The minimum absolute atomic E-state index is 0.0000119. The number of nitrogens with zero attached hydrogens (tertiary/aromatic N) is 1. The van der Waals surface area contributed by atoms with E-state index in [1.807, 2.05) is 0 Å². The van der Waals surface area contributed by atoms with Crippen molar-refractivity contribution >= 4 is 34.6 Å². The van der Waals surface area contributed by atoms with Gasteiger partial charge in [-0.25, -0.2) is 4.79 Å². The van der Waals surface area contributed by atoms with Crippen molar-refractivity contribution in [1.82, 2.24) is 10.6 Å². The maximum Gasteiger partial charge on any atom is 0.407 e. The molecule has 0 saturated carbocycles. The fourth-order valence-electron chi connectivity index (χ4n) is 1.95. The highest BCUT2D eigenvalue weighted by Gasteiger charge is 2.27. The number of hydrogen-bond acceptors (Lipinski definition) is 7. The SMILES string of the molecule is O=C1C[C@H](SC(=O)CCCNC(=O)OCc2ccc([N+](=O)[O-])cc2)N1. The quantitative estimate of drug-likeness (QED) is 0.310. The molecule has 0 aromatic heterocycles. The van der Waals surface area contributed by atoms with Gasteiger partial charge in [0.2, 0.25) is 5.91 Å². The molecule has 25 heavy (non-hydrogen) atoms. The van der Waals surface area contributed by atoms with Crippen molar-refractivity contribution in [3.8, 4) is 0 Å². The van der Waals surface area contributed by atoms with Crippen LogP contribution in [0, 0.1) is 10.1 Å². The number of nitro benzene ring substituents is 1. The van der Waals surface area contributed by atoms with Crippen molar-refractivity contribution in [3.05, 3.63) is 39.9 Å². The number of alkyl carbamates (subject to hydrolysis) is 1. The summed E-state index contributed by atoms with van der Waals surface area (Å²) in [5.74, 6) is -0.0530. The fraction of sp³-hybridized carbons (Fsp3) is 0.400. The molecule has 0 radical (unpaired) electrons. The van der Waals surface area contributed by atoms with Crippen LogP contribution >= 0.6 is 11.8 Å². The predicted octanol–water partition coefficient (Wildman–Crippen LogP) is 1.71. The van der Waals surface area contributed by atoms with Crippen LogP contribution in [-0.4, -0.2) is 34.0 Å². The van der Waals surface area contributed by atoms with Crippen LogP contribution in [0.1, 0.15) is 24.8 Å². The normalized spacial score (nSPS) is 15.7. The van der Waals surface area contributed by atoms with Gasteiger partial charge in [0.15, 0.2) is 5.12 Å². The number of benzene rings is 1. The Morgan fingerprint density at radius 3 is 2.64 bits per heavy atom. The number of non-ortho nitro benzene ring substituents is 1. The first kappa shape index (κ1) is 18.7. The van der Waals surface area contributed by atoms with Gasteiger partial charge in [-0.05, 0) is 24.1 Å². The lowest BCUT2D eigenvalue weighted by atomic mass is 10.2. The third-order valence-electron chi connectivity index (χ3n) is 3.31. The van der Waals surface area contributed by atoms with Gasteiger partial charge in [0, 0.05) is 25.1 Å². The van der Waals surface area contributed by atoms with Crippen LogP contribution in [0.25, 0.3) is 0 Å². The van der Waals surface area contributed by atoms with Crippen molar-refractivity contribution in [2.45, 2.75) is 31.2 Å². The molecule has 134 valence electrons. The van der Waals surface area contributed by atoms with Crippen LogP contribution in [0.4, 0.5) is 10.5 Å². The summed E-state index contributed by atoms with van der Waals surface area (Å²) in [4.78, 5) is 43.9. The lowest BCUT2D eigenvalue weighted by Gasteiger charge is -2.25. The molecule has 1 aromatic carbocycles. The molecule has 9 nitrogen and oxygen atoms in total. The number of β-lactam (4-membered cyclic amide) rings is 1. The van der Waals surface area contributed by atoms with Gasteiger partial charge in [0.05, 0.1) is 16.7 Å². The number of nitrogens with one attached hydrogen (secondary N) is 2. The van der Waals surface area contributed by atoms with E-state index in [4.69, 9.17) is 4.74 Å². The van der Waals surface area contributed by atoms with Crippen LogP contribution in [-0.2, 0) is 20.9 Å². The maximum absolute atomic E-state index is 11.6. The molecule has 1 aromatic rings. The Balaban J connectivity index is 1.55. The lowest BCUT2D eigenvalue weighted by molar-refractivity contribution is -0.384. The number of carbonyl (C=O) groups excluding carboxylic acids is 3. The Morgan fingerprint density at radius 1 is 1.36 bits per heavy atom. The molecule has 2 amide bonds. The molecule has 1 aliphatic heterocycles. The van der Waals surface area contributed by atoms with Crippen LogP contribution in [0.3, 0.4) is 0 Å². The largest absolute Gasteiger partial charge is 0.445 e. The summed E-state index contributed by atoms with van der Waals surface area (Å²) in [6.45, 7) is 0.294. The zero-order chi connectivity index (χ0) is 18.2. The first-order chi connectivity index (χ1) is 11.9. The average Bonchev–Trinajstić information content (AvgIpc) is 2.56. The molecular formula is C15H17N3O6S. The van der Waals surface area contributed by atoms with E-state index in [1.54, 1.807) is 0 Å². The molecule has 2 rings (SSSR count). The van der Waals surface area contributed by atoms with Crippen molar-refractivity contribution in [1.29, 1.82) is 0 Å². The van der Waals surface area contributed by atoms with Gasteiger partial charge in [-0.1, -0.05) is 11.8 Å². The van der Waals surface area contributed by atoms with E-state index >= 15 is 0 Å². The molecule has 0 bridgehead atoms. The first-order valence-corrected chi connectivity index (χ1v) is 8.45. The number of thioether (sulfide) groups is 1. The van der Waals surface area contributed by atoms with E-state index < -0.39 is 11.0 Å². The number of hydrogen-bond donors (Lipinski definition) is 2. The highest BCUT2D eigenvalue weighted by atomic mass is 32.2. The Bertz CT molecular complexity index is 656. The zero-order valence-electron chi connectivity index (χ0n) is 13.2. The first-order valence-electron chi connectivity index (χ1n) is 7.57. The fourth-order valence-corrected chi connectivity index (χ4v) is 2.96. The zero-order valence-corrected chi connectivity index (χ0v) is 14.0. The van der Waals surface area contributed by atoms with Gasteiger partial charge >= 0.3 is 6.09 Å². The molecular weight excluding hydrogens is 350 g/mol. The van der Waals surface area contributed by atoms with Gasteiger partial charge < -0.3 is 15.4 Å². The summed E-state index contributed by atoms with van der Waals surface area (Å²) in [7, 11) is 0. The Kier molecular flexibility index (Phi) is 6.75. The topological polar surface area (TPSA) is 128 Å². The molecule has 2 N–H and O–H groups in total. The van der Waals surface area contributed by atoms with Crippen molar-refractivity contribution < 1.29 is 24.0 Å². The molecule has 1 atom stereocenters. The third-order valence-corrected chi connectivity index (χ3v) is 4.35. The smallest absolute Gasteiger partial charge is 0.407 e. The summed E-state index contributed by atoms with van der Waals surface area (Å²) >= 11 is 1.10. The van der Waals surface area contributed by atoms with Crippen molar-refractivity contribution in [2.24, 2.45) is 0 Å². The van der Waals surface area contributed by atoms with Crippen LogP contribution in [0.5, 0.6) is 0 Å². The lowest BCUT2D eigenvalue weighted by Crippen LogP contribution is -2.46.